The standard InChI is InChI=1S/C22H20F3N3O7/c1-2-34-21(31)12-26(10-14-3-5-15(6-4-14)22(23,24)25)19(29)11-27-17-9-16(28(32)33)7-8-18(17)35-13-20(27)30/h3-9H,2,10-13H2,1H3. The van der Waals surface area contributed by atoms with E-state index < -0.39 is 54.1 Å². The van der Waals surface area contributed by atoms with Gasteiger partial charge in [0.1, 0.15) is 18.8 Å². The molecule has 0 saturated heterocycles. The van der Waals surface area contributed by atoms with Gasteiger partial charge in [0, 0.05) is 18.7 Å². The zero-order chi connectivity index (χ0) is 25.8. The SMILES string of the molecule is CCOC(=O)CN(Cc1ccc(C(F)(F)F)cc1)C(=O)CN1C(=O)COc2ccc([N+](=O)[O-])cc21. The quantitative estimate of drug-likeness (QED) is 0.314. The Morgan fingerprint density at radius 3 is 2.49 bits per heavy atom. The van der Waals surface area contributed by atoms with Crippen LogP contribution in [0, 0.1) is 10.1 Å². The number of rotatable bonds is 8. The second kappa shape index (κ2) is 10.4. The van der Waals surface area contributed by atoms with Crippen LogP contribution in [0.1, 0.15) is 18.1 Å². The minimum atomic E-state index is -4.54. The molecule has 10 nitrogen and oxygen atoms in total. The van der Waals surface area contributed by atoms with Crippen molar-refractivity contribution in [2.24, 2.45) is 0 Å². The van der Waals surface area contributed by atoms with Gasteiger partial charge in [0.25, 0.3) is 11.6 Å². The fourth-order valence-corrected chi connectivity index (χ4v) is 3.33. The number of halogens is 3. The zero-order valence-electron chi connectivity index (χ0n) is 18.4. The lowest BCUT2D eigenvalue weighted by Crippen LogP contribution is -2.47. The van der Waals surface area contributed by atoms with Gasteiger partial charge in [-0.15, -0.1) is 0 Å². The molecule has 0 saturated carbocycles. The van der Waals surface area contributed by atoms with Crippen LogP contribution in [0.3, 0.4) is 0 Å². The molecule has 186 valence electrons. The number of nitrogens with zero attached hydrogens (tertiary/aromatic N) is 3. The number of carbonyl (C=O) groups is 3. The molecule has 2 amide bonds. The molecule has 1 heterocycles. The van der Waals surface area contributed by atoms with Crippen LogP contribution in [0.2, 0.25) is 0 Å². The second-order valence-electron chi connectivity index (χ2n) is 7.43. The fraction of sp³-hybridized carbons (Fsp3) is 0.318. The molecule has 2 aromatic rings. The Kier molecular flexibility index (Phi) is 7.57. The number of ether oxygens (including phenoxy) is 2. The lowest BCUT2D eigenvalue weighted by Gasteiger charge is -2.31. The molecule has 35 heavy (non-hydrogen) atoms. The lowest BCUT2D eigenvalue weighted by molar-refractivity contribution is -0.384. The van der Waals surface area contributed by atoms with Gasteiger partial charge in [0.05, 0.1) is 22.8 Å². The Balaban J connectivity index is 1.85. The summed E-state index contributed by atoms with van der Waals surface area (Å²) in [6, 6.07) is 7.62. The predicted octanol–water partition coefficient (Wildman–Crippen LogP) is 2.93. The van der Waals surface area contributed by atoms with Crippen LogP contribution in [0.25, 0.3) is 0 Å². The van der Waals surface area contributed by atoms with Crippen molar-refractivity contribution in [3.05, 3.63) is 63.7 Å². The van der Waals surface area contributed by atoms with E-state index in [4.69, 9.17) is 9.47 Å². The highest BCUT2D eigenvalue weighted by molar-refractivity contribution is 6.02. The molecule has 0 atom stereocenters. The van der Waals surface area contributed by atoms with Gasteiger partial charge in [-0.2, -0.15) is 13.2 Å². The van der Waals surface area contributed by atoms with Crippen molar-refractivity contribution >= 4 is 29.2 Å². The highest BCUT2D eigenvalue weighted by atomic mass is 19.4. The first-order valence-electron chi connectivity index (χ1n) is 10.3. The molecule has 0 fully saturated rings. The van der Waals surface area contributed by atoms with E-state index in [2.05, 4.69) is 0 Å². The summed E-state index contributed by atoms with van der Waals surface area (Å²) in [5, 5.41) is 11.1. The number of anilines is 1. The Bertz CT molecular complexity index is 1140. The van der Waals surface area contributed by atoms with Gasteiger partial charge in [-0.3, -0.25) is 29.4 Å². The molecular weight excluding hydrogens is 475 g/mol. The first-order chi connectivity index (χ1) is 16.5. The van der Waals surface area contributed by atoms with Crippen molar-refractivity contribution in [1.29, 1.82) is 0 Å². The molecule has 1 aliphatic heterocycles. The number of fused-ring (bicyclic) bond motifs is 1. The average Bonchev–Trinajstić information content (AvgIpc) is 2.80. The van der Waals surface area contributed by atoms with E-state index >= 15 is 0 Å². The second-order valence-corrected chi connectivity index (χ2v) is 7.43. The molecule has 0 N–H and O–H groups in total. The number of esters is 1. The van der Waals surface area contributed by atoms with Crippen LogP contribution >= 0.6 is 0 Å². The van der Waals surface area contributed by atoms with Gasteiger partial charge in [-0.25, -0.2) is 0 Å². The minimum Gasteiger partial charge on any atom is -0.482 e. The Labute approximate surface area is 197 Å². The van der Waals surface area contributed by atoms with Gasteiger partial charge < -0.3 is 14.4 Å². The first kappa shape index (κ1) is 25.5. The van der Waals surface area contributed by atoms with Crippen LogP contribution in [0.5, 0.6) is 5.75 Å². The Morgan fingerprint density at radius 2 is 1.89 bits per heavy atom. The number of nitro benzene ring substituents is 1. The van der Waals surface area contributed by atoms with Gasteiger partial charge in [0.15, 0.2) is 6.61 Å². The van der Waals surface area contributed by atoms with Crippen molar-refractivity contribution in [2.75, 3.05) is 31.2 Å². The summed E-state index contributed by atoms with van der Waals surface area (Å²) in [6.07, 6.45) is -4.54. The summed E-state index contributed by atoms with van der Waals surface area (Å²) in [4.78, 5) is 50.2. The Hall–Kier alpha value is -4.16. The summed E-state index contributed by atoms with van der Waals surface area (Å²) in [5.74, 6) is -1.97. The van der Waals surface area contributed by atoms with Gasteiger partial charge >= 0.3 is 12.1 Å². The topological polar surface area (TPSA) is 119 Å². The molecule has 2 aromatic carbocycles. The number of nitro groups is 1. The molecular formula is C22H20F3N3O7. The van der Waals surface area contributed by atoms with E-state index in [9.17, 15) is 37.7 Å². The number of hydrogen-bond acceptors (Lipinski definition) is 7. The Morgan fingerprint density at radius 1 is 1.20 bits per heavy atom. The van der Waals surface area contributed by atoms with Crippen molar-refractivity contribution < 1.29 is 42.0 Å². The summed E-state index contributed by atoms with van der Waals surface area (Å²) in [5.41, 5.74) is -0.885. The van der Waals surface area contributed by atoms with Crippen LogP contribution in [-0.4, -0.2) is 53.9 Å². The van der Waals surface area contributed by atoms with E-state index in [1.807, 2.05) is 0 Å². The highest BCUT2D eigenvalue weighted by Gasteiger charge is 2.32. The van der Waals surface area contributed by atoms with Gasteiger partial charge in [-0.1, -0.05) is 12.1 Å². The molecule has 13 heteroatoms. The van der Waals surface area contributed by atoms with Crippen molar-refractivity contribution in [2.45, 2.75) is 19.6 Å². The highest BCUT2D eigenvalue weighted by Crippen LogP contribution is 2.35. The molecule has 3 rings (SSSR count). The maximum absolute atomic E-state index is 13.1. The molecule has 0 unspecified atom stereocenters. The number of benzene rings is 2. The van der Waals surface area contributed by atoms with Crippen molar-refractivity contribution in [3.8, 4) is 5.75 Å². The summed E-state index contributed by atoms with van der Waals surface area (Å²) in [6.45, 7) is -0.147. The monoisotopic (exact) mass is 495 g/mol. The summed E-state index contributed by atoms with van der Waals surface area (Å²) >= 11 is 0. The minimum absolute atomic E-state index is 0.00872. The molecule has 0 bridgehead atoms. The van der Waals surface area contributed by atoms with Crippen LogP contribution in [-0.2, 0) is 31.8 Å². The lowest BCUT2D eigenvalue weighted by atomic mass is 10.1. The van der Waals surface area contributed by atoms with Crippen LogP contribution in [0.4, 0.5) is 24.5 Å². The number of carbonyl (C=O) groups excluding carboxylic acids is 3. The molecule has 0 aliphatic carbocycles. The number of alkyl halides is 3. The summed E-state index contributed by atoms with van der Waals surface area (Å²) in [7, 11) is 0. The fourth-order valence-electron chi connectivity index (χ4n) is 3.33. The van der Waals surface area contributed by atoms with Crippen LogP contribution < -0.4 is 9.64 Å². The normalized spacial score (nSPS) is 13.0. The van der Waals surface area contributed by atoms with Crippen LogP contribution in [0.15, 0.2) is 42.5 Å². The largest absolute Gasteiger partial charge is 0.482 e. The predicted molar refractivity (Wildman–Crippen MR) is 114 cm³/mol. The molecule has 0 aromatic heterocycles. The van der Waals surface area contributed by atoms with E-state index in [-0.39, 0.29) is 30.3 Å². The van der Waals surface area contributed by atoms with Gasteiger partial charge in [-0.05, 0) is 30.7 Å². The third kappa shape index (κ3) is 6.25. The number of amides is 2. The number of hydrogen-bond donors (Lipinski definition) is 0. The van der Waals surface area contributed by atoms with E-state index in [0.717, 1.165) is 28.0 Å². The van der Waals surface area contributed by atoms with E-state index in [0.29, 0.717) is 5.56 Å². The molecule has 0 radical (unpaired) electrons. The van der Waals surface area contributed by atoms with Gasteiger partial charge in [0.2, 0.25) is 5.91 Å². The summed E-state index contributed by atoms with van der Waals surface area (Å²) < 4.78 is 48.7. The number of non-ortho nitro benzene ring substituents is 1. The molecule has 0 spiro atoms. The zero-order valence-corrected chi connectivity index (χ0v) is 18.4. The average molecular weight is 495 g/mol. The first-order valence-corrected chi connectivity index (χ1v) is 10.3. The maximum Gasteiger partial charge on any atom is 0.416 e. The smallest absolute Gasteiger partial charge is 0.416 e. The third-order valence-electron chi connectivity index (χ3n) is 5.02. The molecule has 1 aliphatic rings. The van der Waals surface area contributed by atoms with E-state index in [1.165, 1.54) is 24.3 Å². The van der Waals surface area contributed by atoms with Crippen molar-refractivity contribution in [1.82, 2.24) is 4.90 Å². The third-order valence-corrected chi connectivity index (χ3v) is 5.02. The van der Waals surface area contributed by atoms with E-state index in [1.54, 1.807) is 6.92 Å². The maximum atomic E-state index is 13.1. The van der Waals surface area contributed by atoms with Crippen molar-refractivity contribution in [3.63, 3.8) is 0 Å².